The van der Waals surface area contributed by atoms with Gasteiger partial charge in [-0.15, -0.1) is 0 Å². The second-order valence-electron chi connectivity index (χ2n) is 3.56. The quantitative estimate of drug-likeness (QED) is 0.843. The van der Waals surface area contributed by atoms with Gasteiger partial charge in [-0.2, -0.15) is 21.6 Å². The van der Waals surface area contributed by atoms with Crippen molar-refractivity contribution in [3.63, 3.8) is 0 Å². The van der Waals surface area contributed by atoms with Crippen molar-refractivity contribution >= 4 is 10.1 Å². The van der Waals surface area contributed by atoms with Crippen LogP contribution in [0.3, 0.4) is 0 Å². The molecule has 0 aliphatic heterocycles. The zero-order chi connectivity index (χ0) is 13.8. The van der Waals surface area contributed by atoms with Gasteiger partial charge in [-0.25, -0.2) is 0 Å². The van der Waals surface area contributed by atoms with E-state index in [1.54, 1.807) is 0 Å². The molecule has 0 saturated heterocycles. The predicted molar refractivity (Wildman–Crippen MR) is 57.8 cm³/mol. The first-order valence-corrected chi connectivity index (χ1v) is 6.54. The average Bonchev–Trinajstić information content (AvgIpc) is 2.13. The molecule has 0 amide bonds. The fourth-order valence-corrected chi connectivity index (χ4v) is 2.15. The molecule has 0 aliphatic rings. The summed E-state index contributed by atoms with van der Waals surface area (Å²) >= 11 is 0. The van der Waals surface area contributed by atoms with Crippen molar-refractivity contribution in [1.29, 1.82) is 0 Å². The molecule has 102 valence electrons. The highest BCUT2D eigenvalue weighted by Gasteiger charge is 2.27. The Balaban J connectivity index is 2.55. The Morgan fingerprint density at radius 1 is 1.28 bits per heavy atom. The van der Waals surface area contributed by atoms with Gasteiger partial charge in [0.2, 0.25) is 0 Å². The molecule has 0 saturated carbocycles. The van der Waals surface area contributed by atoms with Crippen LogP contribution in [-0.4, -0.2) is 25.5 Å². The highest BCUT2D eigenvalue weighted by atomic mass is 32.2. The van der Waals surface area contributed by atoms with Crippen molar-refractivity contribution in [3.05, 3.63) is 24.3 Å². The summed E-state index contributed by atoms with van der Waals surface area (Å²) in [6.07, 6.45) is -6.14. The predicted octanol–water partition coefficient (Wildman–Crippen LogP) is 2.44. The molecule has 0 aliphatic carbocycles. The summed E-state index contributed by atoms with van der Waals surface area (Å²) < 4.78 is 62.7. The molecule has 0 heterocycles. The van der Waals surface area contributed by atoms with Crippen LogP contribution in [0.5, 0.6) is 11.5 Å². The van der Waals surface area contributed by atoms with Crippen molar-refractivity contribution in [1.82, 2.24) is 0 Å². The number of phenolic OH excluding ortho intramolecular Hbond substituents is 1. The molecule has 0 fully saturated rings. The molecule has 1 N–H and O–H groups in total. The molecule has 8 heteroatoms. The molecular weight excluding hydrogens is 273 g/mol. The van der Waals surface area contributed by atoms with E-state index >= 15 is 0 Å². The standard InChI is InChI=1S/C10H11F3O4S/c11-10(12,13)5-2-6-18(15,16)17-9-4-1-3-8(14)7-9/h1,3-4,7,14H,2,5-6H2. The van der Waals surface area contributed by atoms with Crippen LogP contribution in [-0.2, 0) is 10.1 Å². The van der Waals surface area contributed by atoms with E-state index < -0.39 is 34.9 Å². The van der Waals surface area contributed by atoms with Gasteiger partial charge in [0.05, 0.1) is 5.75 Å². The van der Waals surface area contributed by atoms with Crippen molar-refractivity contribution < 1.29 is 30.9 Å². The average molecular weight is 284 g/mol. The van der Waals surface area contributed by atoms with E-state index in [4.69, 9.17) is 5.11 Å². The largest absolute Gasteiger partial charge is 0.508 e. The van der Waals surface area contributed by atoms with Crippen LogP contribution >= 0.6 is 0 Å². The third-order valence-corrected chi connectivity index (χ3v) is 3.13. The maximum absolute atomic E-state index is 11.8. The zero-order valence-corrected chi connectivity index (χ0v) is 9.96. The van der Waals surface area contributed by atoms with Crippen LogP contribution in [0.25, 0.3) is 0 Å². The maximum atomic E-state index is 11.8. The number of alkyl halides is 3. The smallest absolute Gasteiger partial charge is 0.389 e. The first-order chi connectivity index (χ1) is 8.18. The lowest BCUT2D eigenvalue weighted by atomic mass is 10.3. The lowest BCUT2D eigenvalue weighted by molar-refractivity contribution is -0.134. The Morgan fingerprint density at radius 2 is 1.94 bits per heavy atom. The molecule has 0 unspecified atom stereocenters. The van der Waals surface area contributed by atoms with Gasteiger partial charge in [0.1, 0.15) is 11.5 Å². The lowest BCUT2D eigenvalue weighted by Crippen LogP contribution is -2.16. The number of rotatable bonds is 5. The van der Waals surface area contributed by atoms with E-state index in [2.05, 4.69) is 4.18 Å². The number of hydrogen-bond acceptors (Lipinski definition) is 4. The summed E-state index contributed by atoms with van der Waals surface area (Å²) in [6, 6.07) is 5.00. The van der Waals surface area contributed by atoms with Gasteiger partial charge in [0.15, 0.2) is 0 Å². The summed E-state index contributed by atoms with van der Waals surface area (Å²) in [7, 11) is -4.08. The van der Waals surface area contributed by atoms with Crippen LogP contribution in [0, 0.1) is 0 Å². The molecule has 0 atom stereocenters. The summed E-state index contributed by atoms with van der Waals surface area (Å²) in [4.78, 5) is 0. The highest BCUT2D eigenvalue weighted by molar-refractivity contribution is 7.87. The second-order valence-corrected chi connectivity index (χ2v) is 5.25. The van der Waals surface area contributed by atoms with Crippen LogP contribution in [0.1, 0.15) is 12.8 Å². The number of phenols is 1. The normalized spacial score (nSPS) is 12.4. The number of hydrogen-bond donors (Lipinski definition) is 1. The van der Waals surface area contributed by atoms with Crippen LogP contribution < -0.4 is 4.18 Å². The van der Waals surface area contributed by atoms with E-state index in [9.17, 15) is 21.6 Å². The molecule has 0 spiro atoms. The summed E-state index contributed by atoms with van der Waals surface area (Å²) in [5.74, 6) is -1.07. The zero-order valence-electron chi connectivity index (χ0n) is 9.14. The summed E-state index contributed by atoms with van der Waals surface area (Å²) in [6.45, 7) is 0. The second kappa shape index (κ2) is 5.47. The molecule has 0 aromatic heterocycles. The summed E-state index contributed by atoms with van der Waals surface area (Å²) in [5, 5.41) is 9.07. The number of benzene rings is 1. The Hall–Kier alpha value is -1.44. The topological polar surface area (TPSA) is 63.6 Å². The monoisotopic (exact) mass is 284 g/mol. The molecule has 0 radical (unpaired) electrons. The molecule has 0 bridgehead atoms. The van der Waals surface area contributed by atoms with Crippen molar-refractivity contribution in [3.8, 4) is 11.5 Å². The van der Waals surface area contributed by atoms with E-state index in [0.29, 0.717) is 0 Å². The van der Waals surface area contributed by atoms with Crippen LogP contribution in [0.4, 0.5) is 13.2 Å². The van der Waals surface area contributed by atoms with Crippen LogP contribution in [0.2, 0.25) is 0 Å². The van der Waals surface area contributed by atoms with Gasteiger partial charge in [0.25, 0.3) is 0 Å². The summed E-state index contributed by atoms with van der Waals surface area (Å²) in [5.41, 5.74) is 0. The molecule has 1 aromatic carbocycles. The fourth-order valence-electron chi connectivity index (χ4n) is 1.17. The minimum atomic E-state index is -4.39. The molecule has 4 nitrogen and oxygen atoms in total. The van der Waals surface area contributed by atoms with Crippen molar-refractivity contribution in [2.45, 2.75) is 19.0 Å². The number of halogens is 3. The third-order valence-electron chi connectivity index (χ3n) is 1.90. The Morgan fingerprint density at radius 3 is 2.50 bits per heavy atom. The van der Waals surface area contributed by atoms with Gasteiger partial charge >= 0.3 is 16.3 Å². The number of aromatic hydroxyl groups is 1. The van der Waals surface area contributed by atoms with Gasteiger partial charge in [-0.1, -0.05) is 6.07 Å². The van der Waals surface area contributed by atoms with Crippen LogP contribution in [0.15, 0.2) is 24.3 Å². The van der Waals surface area contributed by atoms with Gasteiger partial charge < -0.3 is 9.29 Å². The van der Waals surface area contributed by atoms with Crippen molar-refractivity contribution in [2.24, 2.45) is 0 Å². The van der Waals surface area contributed by atoms with E-state index in [1.807, 2.05) is 0 Å². The molecule has 18 heavy (non-hydrogen) atoms. The highest BCUT2D eigenvalue weighted by Crippen LogP contribution is 2.23. The Labute approximate surface area is 102 Å². The first kappa shape index (κ1) is 14.6. The Bertz CT molecular complexity index is 496. The molecule has 1 aromatic rings. The van der Waals surface area contributed by atoms with Gasteiger partial charge in [-0.3, -0.25) is 0 Å². The SMILES string of the molecule is O=S(=O)(CCCC(F)(F)F)Oc1cccc(O)c1. The van der Waals surface area contributed by atoms with Crippen molar-refractivity contribution in [2.75, 3.05) is 5.75 Å². The minimum absolute atomic E-state index is 0.137. The molecular formula is C10H11F3O4S. The fraction of sp³-hybridized carbons (Fsp3) is 0.400. The van der Waals surface area contributed by atoms with E-state index in [1.165, 1.54) is 18.2 Å². The van der Waals surface area contributed by atoms with Gasteiger partial charge in [-0.05, 0) is 18.6 Å². The van der Waals surface area contributed by atoms with E-state index in [-0.39, 0.29) is 11.5 Å². The van der Waals surface area contributed by atoms with Gasteiger partial charge in [0, 0.05) is 12.5 Å². The molecule has 1 rings (SSSR count). The first-order valence-electron chi connectivity index (χ1n) is 4.96. The third kappa shape index (κ3) is 5.76. The Kier molecular flexibility index (Phi) is 4.44. The lowest BCUT2D eigenvalue weighted by Gasteiger charge is -2.08. The van der Waals surface area contributed by atoms with E-state index in [0.717, 1.165) is 6.07 Å². The minimum Gasteiger partial charge on any atom is -0.508 e. The maximum Gasteiger partial charge on any atom is 0.389 e.